The van der Waals surface area contributed by atoms with E-state index in [1.54, 1.807) is 10.9 Å². The summed E-state index contributed by atoms with van der Waals surface area (Å²) in [6.07, 6.45) is 2.57. The van der Waals surface area contributed by atoms with Crippen molar-refractivity contribution in [2.75, 3.05) is 18.8 Å². The van der Waals surface area contributed by atoms with Crippen LogP contribution >= 0.6 is 15.9 Å². The molecule has 1 aliphatic heterocycles. The molecule has 2 N–H and O–H groups in total. The number of carbonyl (C=O) groups is 1. The van der Waals surface area contributed by atoms with Crippen molar-refractivity contribution < 1.29 is 4.79 Å². The summed E-state index contributed by atoms with van der Waals surface area (Å²) in [6.45, 7) is 3.54. The lowest BCUT2D eigenvalue weighted by molar-refractivity contribution is -0.130. The van der Waals surface area contributed by atoms with Gasteiger partial charge in [-0.25, -0.2) is 0 Å². The summed E-state index contributed by atoms with van der Waals surface area (Å²) < 4.78 is 2.39. The maximum absolute atomic E-state index is 11.9. The largest absolute Gasteiger partial charge is 0.381 e. The molecule has 2 heterocycles. The Hall–Kier alpha value is -1.04. The second-order valence-corrected chi connectivity index (χ2v) is 4.42. The first kappa shape index (κ1) is 10.5. The fourth-order valence-electron chi connectivity index (χ4n) is 1.82. The average molecular weight is 273 g/mol. The molecule has 1 atom stereocenters. The van der Waals surface area contributed by atoms with E-state index in [2.05, 4.69) is 21.0 Å². The first-order chi connectivity index (χ1) is 7.13. The van der Waals surface area contributed by atoms with Crippen molar-refractivity contribution in [3.8, 4) is 0 Å². The van der Waals surface area contributed by atoms with E-state index in [0.29, 0.717) is 5.82 Å². The summed E-state index contributed by atoms with van der Waals surface area (Å²) in [5.74, 6) is 0.560. The van der Waals surface area contributed by atoms with Crippen LogP contribution in [-0.4, -0.2) is 33.7 Å². The Morgan fingerprint density at radius 3 is 2.93 bits per heavy atom. The molecule has 1 unspecified atom stereocenters. The lowest BCUT2D eigenvalue weighted by Crippen LogP contribution is -2.28. The van der Waals surface area contributed by atoms with Crippen LogP contribution in [0.1, 0.15) is 19.4 Å². The van der Waals surface area contributed by atoms with Gasteiger partial charge in [-0.3, -0.25) is 9.48 Å². The van der Waals surface area contributed by atoms with Gasteiger partial charge in [-0.1, -0.05) is 0 Å². The Kier molecular flexibility index (Phi) is 2.68. The second-order valence-electron chi connectivity index (χ2n) is 3.56. The van der Waals surface area contributed by atoms with E-state index in [9.17, 15) is 4.79 Å². The number of carbonyl (C=O) groups excluding carboxylic acids is 1. The molecule has 0 radical (unpaired) electrons. The van der Waals surface area contributed by atoms with Crippen LogP contribution in [0.2, 0.25) is 0 Å². The zero-order valence-corrected chi connectivity index (χ0v) is 10.1. The maximum atomic E-state index is 11.9. The Morgan fingerprint density at radius 1 is 1.73 bits per heavy atom. The molecule has 1 saturated heterocycles. The van der Waals surface area contributed by atoms with Gasteiger partial charge in [0.25, 0.3) is 0 Å². The SMILES string of the molecule is CCN1CCC(n2cc(Br)c(N)n2)C1=O. The van der Waals surface area contributed by atoms with Crippen LogP contribution in [0.5, 0.6) is 0 Å². The summed E-state index contributed by atoms with van der Waals surface area (Å²) in [7, 11) is 0. The molecular weight excluding hydrogens is 260 g/mol. The number of likely N-dealkylation sites (tertiary alicyclic amines) is 1. The topological polar surface area (TPSA) is 64.2 Å². The minimum Gasteiger partial charge on any atom is -0.381 e. The molecule has 82 valence electrons. The maximum Gasteiger partial charge on any atom is 0.247 e. The number of nitrogens with zero attached hydrogens (tertiary/aromatic N) is 3. The molecule has 0 bridgehead atoms. The van der Waals surface area contributed by atoms with E-state index >= 15 is 0 Å². The highest BCUT2D eigenvalue weighted by Gasteiger charge is 2.32. The molecule has 1 fully saturated rings. The van der Waals surface area contributed by atoms with Crippen molar-refractivity contribution in [2.24, 2.45) is 0 Å². The van der Waals surface area contributed by atoms with E-state index in [0.717, 1.165) is 24.0 Å². The van der Waals surface area contributed by atoms with Crippen LogP contribution in [0.4, 0.5) is 5.82 Å². The number of rotatable bonds is 2. The first-order valence-corrected chi connectivity index (χ1v) is 5.71. The van der Waals surface area contributed by atoms with Crippen LogP contribution in [0.15, 0.2) is 10.7 Å². The van der Waals surface area contributed by atoms with E-state index in [1.807, 2.05) is 11.8 Å². The molecule has 0 saturated carbocycles. The minimum absolute atomic E-state index is 0.132. The standard InChI is InChI=1S/C9H13BrN4O/c1-2-13-4-3-7(9(13)15)14-5-6(10)8(11)12-14/h5,7H,2-4H2,1H3,(H2,11,12). The zero-order chi connectivity index (χ0) is 11.0. The molecule has 0 spiro atoms. The van der Waals surface area contributed by atoms with Crippen molar-refractivity contribution in [1.82, 2.24) is 14.7 Å². The second kappa shape index (κ2) is 3.84. The Bertz CT molecular complexity index is 370. The van der Waals surface area contributed by atoms with E-state index < -0.39 is 0 Å². The number of anilines is 1. The monoisotopic (exact) mass is 272 g/mol. The molecule has 1 aromatic heterocycles. The summed E-state index contributed by atoms with van der Waals surface area (Å²) >= 11 is 3.28. The van der Waals surface area contributed by atoms with Gasteiger partial charge >= 0.3 is 0 Å². The van der Waals surface area contributed by atoms with Gasteiger partial charge in [0.1, 0.15) is 6.04 Å². The quantitative estimate of drug-likeness (QED) is 0.875. The van der Waals surface area contributed by atoms with Gasteiger partial charge in [-0.05, 0) is 29.3 Å². The first-order valence-electron chi connectivity index (χ1n) is 4.92. The summed E-state index contributed by atoms with van der Waals surface area (Å²) in [4.78, 5) is 13.7. The van der Waals surface area contributed by atoms with Gasteiger partial charge < -0.3 is 10.6 Å². The molecule has 0 aromatic carbocycles. The normalized spacial score (nSPS) is 21.3. The van der Waals surface area contributed by atoms with E-state index in [1.165, 1.54) is 0 Å². The van der Waals surface area contributed by atoms with Gasteiger partial charge in [0.15, 0.2) is 5.82 Å². The highest BCUT2D eigenvalue weighted by atomic mass is 79.9. The molecule has 5 nitrogen and oxygen atoms in total. The molecular formula is C9H13BrN4O. The number of nitrogens with two attached hydrogens (primary N) is 1. The fourth-order valence-corrected chi connectivity index (χ4v) is 2.11. The molecule has 6 heteroatoms. The Morgan fingerprint density at radius 2 is 2.47 bits per heavy atom. The van der Waals surface area contributed by atoms with Crippen LogP contribution in [0.3, 0.4) is 0 Å². The van der Waals surface area contributed by atoms with Crippen LogP contribution in [0.25, 0.3) is 0 Å². The van der Waals surface area contributed by atoms with Gasteiger partial charge in [0, 0.05) is 19.3 Å². The number of hydrogen-bond acceptors (Lipinski definition) is 3. The predicted octanol–water partition coefficient (Wildman–Crippen LogP) is 1.02. The molecule has 0 aliphatic carbocycles. The lowest BCUT2D eigenvalue weighted by atomic mass is 10.2. The third-order valence-corrected chi connectivity index (χ3v) is 3.29. The van der Waals surface area contributed by atoms with Gasteiger partial charge in [0.2, 0.25) is 5.91 Å². The molecule has 2 rings (SSSR count). The average Bonchev–Trinajstić information content (AvgIpc) is 2.71. The Labute approximate surface area is 96.4 Å². The van der Waals surface area contributed by atoms with Crippen LogP contribution in [0, 0.1) is 0 Å². The number of aromatic nitrogens is 2. The molecule has 1 amide bonds. The lowest BCUT2D eigenvalue weighted by Gasteiger charge is -2.13. The number of hydrogen-bond donors (Lipinski definition) is 1. The zero-order valence-electron chi connectivity index (χ0n) is 8.48. The van der Waals surface area contributed by atoms with Crippen molar-refractivity contribution in [1.29, 1.82) is 0 Å². The number of amides is 1. The van der Waals surface area contributed by atoms with Crippen LogP contribution in [-0.2, 0) is 4.79 Å². The predicted molar refractivity (Wildman–Crippen MR) is 60.2 cm³/mol. The smallest absolute Gasteiger partial charge is 0.247 e. The van der Waals surface area contributed by atoms with E-state index in [-0.39, 0.29) is 11.9 Å². The molecule has 15 heavy (non-hydrogen) atoms. The van der Waals surface area contributed by atoms with Gasteiger partial charge in [0.05, 0.1) is 4.47 Å². The van der Waals surface area contributed by atoms with E-state index in [4.69, 9.17) is 5.73 Å². The summed E-state index contributed by atoms with van der Waals surface area (Å²) in [5.41, 5.74) is 5.62. The number of likely N-dealkylation sites (N-methyl/N-ethyl adjacent to an activating group) is 1. The fraction of sp³-hybridized carbons (Fsp3) is 0.556. The van der Waals surface area contributed by atoms with Crippen molar-refractivity contribution in [3.05, 3.63) is 10.7 Å². The van der Waals surface area contributed by atoms with Crippen molar-refractivity contribution in [3.63, 3.8) is 0 Å². The minimum atomic E-state index is -0.182. The molecule has 1 aromatic rings. The van der Waals surface area contributed by atoms with Crippen molar-refractivity contribution in [2.45, 2.75) is 19.4 Å². The summed E-state index contributed by atoms with van der Waals surface area (Å²) in [5, 5.41) is 4.11. The highest BCUT2D eigenvalue weighted by Crippen LogP contribution is 2.26. The highest BCUT2D eigenvalue weighted by molar-refractivity contribution is 9.10. The molecule has 1 aliphatic rings. The van der Waals surface area contributed by atoms with Gasteiger partial charge in [-0.2, -0.15) is 5.10 Å². The number of nitrogen functional groups attached to an aromatic ring is 1. The summed E-state index contributed by atoms with van der Waals surface area (Å²) in [6, 6.07) is -0.182. The Balaban J connectivity index is 2.22. The van der Waals surface area contributed by atoms with Gasteiger partial charge in [-0.15, -0.1) is 0 Å². The van der Waals surface area contributed by atoms with Crippen molar-refractivity contribution >= 4 is 27.7 Å². The third kappa shape index (κ3) is 1.73. The third-order valence-electron chi connectivity index (χ3n) is 2.68. The number of halogens is 1. The van der Waals surface area contributed by atoms with Crippen LogP contribution < -0.4 is 5.73 Å².